The third kappa shape index (κ3) is 3.97. The average molecular weight is 339 g/mol. The van der Waals surface area contributed by atoms with Crippen LogP contribution in [0, 0.1) is 6.92 Å². The van der Waals surface area contributed by atoms with Crippen LogP contribution >= 0.6 is 0 Å². The highest BCUT2D eigenvalue weighted by molar-refractivity contribution is 5.95. The van der Waals surface area contributed by atoms with E-state index in [0.717, 1.165) is 5.56 Å². The van der Waals surface area contributed by atoms with Crippen LogP contribution in [0.1, 0.15) is 33.5 Å². The van der Waals surface area contributed by atoms with Crippen molar-refractivity contribution in [2.75, 3.05) is 6.54 Å². The lowest BCUT2D eigenvalue weighted by Crippen LogP contribution is -2.34. The molecule has 25 heavy (non-hydrogen) atoms. The molecular weight excluding hydrogens is 318 g/mol. The highest BCUT2D eigenvalue weighted by Gasteiger charge is 2.24. The van der Waals surface area contributed by atoms with E-state index in [-0.39, 0.29) is 12.5 Å². The van der Waals surface area contributed by atoms with E-state index in [2.05, 4.69) is 5.10 Å². The van der Waals surface area contributed by atoms with Crippen molar-refractivity contribution in [3.63, 3.8) is 0 Å². The van der Waals surface area contributed by atoms with Gasteiger partial charge in [0.15, 0.2) is 0 Å². The monoisotopic (exact) mass is 339 g/mol. The number of hydrogen-bond donors (Lipinski definition) is 1. The predicted molar refractivity (Wildman–Crippen MR) is 92.8 cm³/mol. The molecule has 0 radical (unpaired) electrons. The molecule has 2 heterocycles. The Balaban J connectivity index is 1.85. The minimum absolute atomic E-state index is 0.134. The van der Waals surface area contributed by atoms with Crippen molar-refractivity contribution in [2.24, 2.45) is 7.05 Å². The lowest BCUT2D eigenvalue weighted by molar-refractivity contribution is 0.0562. The Labute approximate surface area is 146 Å². The third-order valence-corrected chi connectivity index (χ3v) is 4.01. The van der Waals surface area contributed by atoms with Crippen molar-refractivity contribution in [1.29, 1.82) is 0 Å². The third-order valence-electron chi connectivity index (χ3n) is 4.01. The first-order valence-electron chi connectivity index (χ1n) is 8.09. The Morgan fingerprint density at radius 3 is 2.64 bits per heavy atom. The minimum Gasteiger partial charge on any atom is -0.467 e. The van der Waals surface area contributed by atoms with Crippen LogP contribution in [-0.2, 0) is 13.6 Å². The van der Waals surface area contributed by atoms with Gasteiger partial charge >= 0.3 is 0 Å². The number of hydrogen-bond acceptors (Lipinski definition) is 4. The SMILES string of the molecule is Cc1nn(C)cc1C(=O)N(Cc1ccccc1)CC(O)c1ccco1. The Morgan fingerprint density at radius 2 is 2.04 bits per heavy atom. The van der Waals surface area contributed by atoms with Gasteiger partial charge in [0.05, 0.1) is 24.1 Å². The van der Waals surface area contributed by atoms with Gasteiger partial charge in [-0.1, -0.05) is 30.3 Å². The van der Waals surface area contributed by atoms with E-state index in [1.165, 1.54) is 6.26 Å². The number of aliphatic hydroxyl groups is 1. The maximum Gasteiger partial charge on any atom is 0.257 e. The maximum absolute atomic E-state index is 13.0. The molecule has 0 saturated carbocycles. The number of carbonyl (C=O) groups is 1. The van der Waals surface area contributed by atoms with Crippen LogP contribution in [0.15, 0.2) is 59.3 Å². The highest BCUT2D eigenvalue weighted by atomic mass is 16.4. The fourth-order valence-electron chi connectivity index (χ4n) is 2.78. The molecule has 3 aromatic rings. The molecule has 0 bridgehead atoms. The molecule has 1 amide bonds. The summed E-state index contributed by atoms with van der Waals surface area (Å²) < 4.78 is 6.87. The smallest absolute Gasteiger partial charge is 0.257 e. The number of aliphatic hydroxyl groups excluding tert-OH is 1. The van der Waals surface area contributed by atoms with Gasteiger partial charge in [-0.3, -0.25) is 9.48 Å². The van der Waals surface area contributed by atoms with Crippen molar-refractivity contribution < 1.29 is 14.3 Å². The van der Waals surface area contributed by atoms with Crippen LogP contribution in [0.25, 0.3) is 0 Å². The molecule has 3 rings (SSSR count). The molecule has 0 aliphatic heterocycles. The number of aromatic nitrogens is 2. The maximum atomic E-state index is 13.0. The molecule has 0 fully saturated rings. The first-order valence-corrected chi connectivity index (χ1v) is 8.09. The fraction of sp³-hybridized carbons (Fsp3) is 0.263. The summed E-state index contributed by atoms with van der Waals surface area (Å²) in [5, 5.41) is 14.7. The second-order valence-corrected chi connectivity index (χ2v) is 6.00. The van der Waals surface area contributed by atoms with E-state index < -0.39 is 6.10 Å². The summed E-state index contributed by atoms with van der Waals surface area (Å²) in [6, 6.07) is 13.1. The van der Waals surface area contributed by atoms with Crippen molar-refractivity contribution in [3.05, 3.63) is 77.5 Å². The largest absolute Gasteiger partial charge is 0.467 e. The molecule has 0 aliphatic carbocycles. The summed E-state index contributed by atoms with van der Waals surface area (Å²) in [6.07, 6.45) is 2.32. The fourth-order valence-corrected chi connectivity index (χ4v) is 2.78. The van der Waals surface area contributed by atoms with Crippen LogP contribution < -0.4 is 0 Å². The van der Waals surface area contributed by atoms with E-state index in [0.29, 0.717) is 23.6 Å². The normalized spacial score (nSPS) is 12.1. The molecule has 1 unspecified atom stereocenters. The molecule has 0 aliphatic rings. The number of furan rings is 1. The standard InChI is InChI=1S/C19H21N3O3/c1-14-16(12-21(2)20-14)19(24)22(11-15-7-4-3-5-8-15)13-17(23)18-9-6-10-25-18/h3-10,12,17,23H,11,13H2,1-2H3. The molecule has 2 aromatic heterocycles. The second kappa shape index (κ2) is 7.36. The number of rotatable bonds is 6. The Kier molecular flexibility index (Phi) is 5.00. The number of benzene rings is 1. The van der Waals surface area contributed by atoms with Gasteiger partial charge < -0.3 is 14.4 Å². The highest BCUT2D eigenvalue weighted by Crippen LogP contribution is 2.19. The van der Waals surface area contributed by atoms with Crippen LogP contribution in [0.4, 0.5) is 0 Å². The van der Waals surface area contributed by atoms with E-state index >= 15 is 0 Å². The molecule has 1 atom stereocenters. The van der Waals surface area contributed by atoms with Crippen LogP contribution in [0.5, 0.6) is 0 Å². The van der Waals surface area contributed by atoms with Gasteiger partial charge in [-0.2, -0.15) is 5.10 Å². The van der Waals surface area contributed by atoms with Crippen LogP contribution in [0.2, 0.25) is 0 Å². The van der Waals surface area contributed by atoms with Crippen LogP contribution in [0.3, 0.4) is 0 Å². The summed E-state index contributed by atoms with van der Waals surface area (Å²) in [4.78, 5) is 14.6. The first kappa shape index (κ1) is 17.0. The Hall–Kier alpha value is -2.86. The molecule has 1 aromatic carbocycles. The van der Waals surface area contributed by atoms with Crippen LogP contribution in [-0.4, -0.2) is 32.2 Å². The van der Waals surface area contributed by atoms with Gasteiger partial charge in [-0.25, -0.2) is 0 Å². The summed E-state index contributed by atoms with van der Waals surface area (Å²) in [6.45, 7) is 2.33. The van der Waals surface area contributed by atoms with Gasteiger partial charge in [0, 0.05) is 19.8 Å². The van der Waals surface area contributed by atoms with E-state index in [1.807, 2.05) is 30.3 Å². The number of carbonyl (C=O) groups excluding carboxylic acids is 1. The lowest BCUT2D eigenvalue weighted by Gasteiger charge is -2.24. The molecular formula is C19H21N3O3. The summed E-state index contributed by atoms with van der Waals surface area (Å²) in [7, 11) is 1.78. The van der Waals surface area contributed by atoms with Crippen molar-refractivity contribution >= 4 is 5.91 Å². The van der Waals surface area contributed by atoms with Crippen molar-refractivity contribution in [1.82, 2.24) is 14.7 Å². The van der Waals surface area contributed by atoms with Crippen molar-refractivity contribution in [2.45, 2.75) is 19.6 Å². The number of aryl methyl sites for hydroxylation is 2. The summed E-state index contributed by atoms with van der Waals surface area (Å²) in [5.74, 6) is 0.272. The zero-order valence-electron chi connectivity index (χ0n) is 14.3. The van der Waals surface area contributed by atoms with E-state index in [4.69, 9.17) is 4.42 Å². The zero-order chi connectivity index (χ0) is 17.8. The van der Waals surface area contributed by atoms with Gasteiger partial charge in [0.2, 0.25) is 0 Å². The predicted octanol–water partition coefficient (Wildman–Crippen LogP) is 2.70. The lowest BCUT2D eigenvalue weighted by atomic mass is 10.1. The van der Waals surface area contributed by atoms with E-state index in [9.17, 15) is 9.90 Å². The molecule has 130 valence electrons. The molecule has 6 nitrogen and oxygen atoms in total. The minimum atomic E-state index is -0.889. The molecule has 0 saturated heterocycles. The molecule has 0 spiro atoms. The first-order chi connectivity index (χ1) is 12.0. The number of amides is 1. The zero-order valence-corrected chi connectivity index (χ0v) is 14.3. The summed E-state index contributed by atoms with van der Waals surface area (Å²) in [5.41, 5.74) is 2.19. The van der Waals surface area contributed by atoms with Gasteiger partial charge in [-0.05, 0) is 24.6 Å². The Bertz CT molecular complexity index is 825. The second-order valence-electron chi connectivity index (χ2n) is 6.00. The topological polar surface area (TPSA) is 71.5 Å². The molecule has 6 heteroatoms. The molecule has 1 N–H and O–H groups in total. The van der Waals surface area contributed by atoms with Crippen molar-refractivity contribution in [3.8, 4) is 0 Å². The van der Waals surface area contributed by atoms with Gasteiger partial charge in [-0.15, -0.1) is 0 Å². The Morgan fingerprint density at radius 1 is 1.28 bits per heavy atom. The van der Waals surface area contributed by atoms with E-state index in [1.54, 1.807) is 41.9 Å². The van der Waals surface area contributed by atoms with Gasteiger partial charge in [0.1, 0.15) is 11.9 Å². The quantitative estimate of drug-likeness (QED) is 0.749. The number of nitrogens with zero attached hydrogens (tertiary/aromatic N) is 3. The van der Waals surface area contributed by atoms with Gasteiger partial charge in [0.25, 0.3) is 5.91 Å². The summed E-state index contributed by atoms with van der Waals surface area (Å²) >= 11 is 0. The average Bonchev–Trinajstić information content (AvgIpc) is 3.24.